The Labute approximate surface area is 133 Å². The lowest BCUT2D eigenvalue weighted by molar-refractivity contribution is -0.137. The number of hydrogen-bond donors (Lipinski definition) is 0. The first-order valence-electron chi connectivity index (χ1n) is 9.47. The van der Waals surface area contributed by atoms with Gasteiger partial charge in [-0.3, -0.25) is 4.79 Å². The van der Waals surface area contributed by atoms with Gasteiger partial charge in [0, 0.05) is 18.5 Å². The van der Waals surface area contributed by atoms with Crippen LogP contribution in [0.25, 0.3) is 0 Å². The summed E-state index contributed by atoms with van der Waals surface area (Å²) in [5.41, 5.74) is 0. The highest BCUT2D eigenvalue weighted by Gasteiger charge is 2.28. The van der Waals surface area contributed by atoms with Crippen LogP contribution >= 0.6 is 0 Å². The Kier molecular flexibility index (Phi) is 12.8. The van der Waals surface area contributed by atoms with Crippen molar-refractivity contribution in [3.8, 4) is 0 Å². The number of unbranched alkanes of at least 4 members (excludes halogenated alkanes) is 1. The Bertz CT molecular complexity index is 246. The van der Waals surface area contributed by atoms with Crippen LogP contribution in [0.15, 0.2) is 0 Å². The molecular weight excluding hydrogens is 258 g/mol. The van der Waals surface area contributed by atoms with Crippen LogP contribution in [-0.4, -0.2) is 22.9 Å². The van der Waals surface area contributed by atoms with Gasteiger partial charge in [0.2, 0.25) is 5.91 Å². The van der Waals surface area contributed by atoms with E-state index in [9.17, 15) is 4.79 Å². The van der Waals surface area contributed by atoms with Crippen LogP contribution in [0.1, 0.15) is 105 Å². The quantitative estimate of drug-likeness (QED) is 0.412. The Balaban J connectivity index is 5.13. The van der Waals surface area contributed by atoms with Crippen LogP contribution < -0.4 is 0 Å². The number of carbonyl (C=O) groups excluding carboxylic acids is 1. The molecule has 0 aromatic carbocycles. The molecule has 0 spiro atoms. The summed E-state index contributed by atoms with van der Waals surface area (Å²) in [5, 5.41) is 0. The lowest BCUT2D eigenvalue weighted by Crippen LogP contribution is -2.47. The molecule has 0 aromatic heterocycles. The van der Waals surface area contributed by atoms with Crippen molar-refractivity contribution in [2.45, 2.75) is 117 Å². The average molecular weight is 298 g/mol. The maximum absolute atomic E-state index is 12.7. The third-order valence-electron chi connectivity index (χ3n) is 4.30. The molecule has 0 aliphatic carbocycles. The topological polar surface area (TPSA) is 20.3 Å². The summed E-state index contributed by atoms with van der Waals surface area (Å²) in [7, 11) is 0. The van der Waals surface area contributed by atoms with Gasteiger partial charge < -0.3 is 4.90 Å². The molecule has 1 unspecified atom stereocenters. The zero-order chi connectivity index (χ0) is 16.1. The van der Waals surface area contributed by atoms with Crippen molar-refractivity contribution in [2.75, 3.05) is 0 Å². The smallest absolute Gasteiger partial charge is 0.223 e. The van der Waals surface area contributed by atoms with Crippen molar-refractivity contribution in [1.82, 2.24) is 4.90 Å². The minimum absolute atomic E-state index is 0.402. The fourth-order valence-electron chi connectivity index (χ4n) is 3.33. The van der Waals surface area contributed by atoms with Gasteiger partial charge in [-0.15, -0.1) is 0 Å². The summed E-state index contributed by atoms with van der Waals surface area (Å²) in [4.78, 5) is 15.1. The van der Waals surface area contributed by atoms with E-state index in [0.29, 0.717) is 18.0 Å². The Hall–Kier alpha value is -0.530. The Morgan fingerprint density at radius 1 is 0.714 bits per heavy atom. The van der Waals surface area contributed by atoms with E-state index in [0.717, 1.165) is 25.7 Å². The van der Waals surface area contributed by atoms with Crippen LogP contribution in [0.4, 0.5) is 0 Å². The normalized spacial score (nSPS) is 12.7. The van der Waals surface area contributed by atoms with Gasteiger partial charge in [0.25, 0.3) is 0 Å². The van der Waals surface area contributed by atoms with Crippen LogP contribution in [0.5, 0.6) is 0 Å². The molecule has 0 N–H and O–H groups in total. The van der Waals surface area contributed by atoms with E-state index in [1.807, 2.05) is 0 Å². The lowest BCUT2D eigenvalue weighted by Gasteiger charge is -2.39. The number of hydrogen-bond acceptors (Lipinski definition) is 1. The number of amides is 1. The molecule has 0 radical (unpaired) electrons. The molecule has 0 rings (SSSR count). The molecule has 1 amide bonds. The fourth-order valence-corrected chi connectivity index (χ4v) is 3.33. The zero-order valence-electron chi connectivity index (χ0n) is 15.3. The highest BCUT2D eigenvalue weighted by molar-refractivity contribution is 5.76. The van der Waals surface area contributed by atoms with Crippen LogP contribution in [0.2, 0.25) is 0 Å². The van der Waals surface area contributed by atoms with E-state index < -0.39 is 0 Å². The highest BCUT2D eigenvalue weighted by atomic mass is 16.2. The van der Waals surface area contributed by atoms with Gasteiger partial charge in [-0.1, -0.05) is 66.7 Å². The molecule has 0 heterocycles. The summed E-state index contributed by atoms with van der Waals surface area (Å²) in [6, 6.07) is 0.935. The molecule has 126 valence electrons. The highest BCUT2D eigenvalue weighted by Crippen LogP contribution is 2.24. The van der Waals surface area contributed by atoms with E-state index >= 15 is 0 Å². The predicted octanol–water partition coefficient (Wildman–Crippen LogP) is 5.94. The van der Waals surface area contributed by atoms with Gasteiger partial charge in [0.1, 0.15) is 0 Å². The Morgan fingerprint density at radius 3 is 1.57 bits per heavy atom. The molecule has 0 saturated heterocycles. The first-order chi connectivity index (χ1) is 10.2. The van der Waals surface area contributed by atoms with Crippen LogP contribution in [-0.2, 0) is 4.79 Å². The molecule has 0 bridgehead atoms. The molecule has 0 aliphatic heterocycles. The van der Waals surface area contributed by atoms with Crippen molar-refractivity contribution in [1.29, 1.82) is 0 Å². The second-order valence-electron chi connectivity index (χ2n) is 6.37. The lowest BCUT2D eigenvalue weighted by atomic mass is 9.96. The predicted molar refractivity (Wildman–Crippen MR) is 93.6 cm³/mol. The van der Waals surface area contributed by atoms with E-state index in [1.54, 1.807) is 0 Å². The third-order valence-corrected chi connectivity index (χ3v) is 4.30. The van der Waals surface area contributed by atoms with Crippen molar-refractivity contribution in [2.24, 2.45) is 0 Å². The first-order valence-corrected chi connectivity index (χ1v) is 9.47. The molecule has 0 aliphatic rings. The van der Waals surface area contributed by atoms with Crippen molar-refractivity contribution >= 4 is 5.91 Å². The van der Waals surface area contributed by atoms with Gasteiger partial charge in [0.15, 0.2) is 0 Å². The summed E-state index contributed by atoms with van der Waals surface area (Å²) < 4.78 is 0. The summed E-state index contributed by atoms with van der Waals surface area (Å²) in [6.45, 7) is 11.1. The van der Waals surface area contributed by atoms with Gasteiger partial charge in [-0.2, -0.15) is 0 Å². The number of nitrogens with zero attached hydrogens (tertiary/aromatic N) is 1. The van der Waals surface area contributed by atoms with Crippen molar-refractivity contribution in [3.63, 3.8) is 0 Å². The van der Waals surface area contributed by atoms with Crippen molar-refractivity contribution in [3.05, 3.63) is 0 Å². The zero-order valence-corrected chi connectivity index (χ0v) is 15.3. The summed E-state index contributed by atoms with van der Waals surface area (Å²) in [6.07, 6.45) is 12.3. The van der Waals surface area contributed by atoms with E-state index in [-0.39, 0.29) is 0 Å². The first kappa shape index (κ1) is 20.5. The minimum Gasteiger partial charge on any atom is -0.337 e. The summed E-state index contributed by atoms with van der Waals surface area (Å²) in [5.74, 6) is 0.402. The molecule has 0 fully saturated rings. The maximum Gasteiger partial charge on any atom is 0.223 e. The van der Waals surface area contributed by atoms with Gasteiger partial charge in [0.05, 0.1) is 0 Å². The number of carbonyl (C=O) groups is 1. The molecule has 1 atom stereocenters. The molecule has 0 saturated carbocycles. The second kappa shape index (κ2) is 13.2. The van der Waals surface area contributed by atoms with E-state index in [1.165, 1.54) is 44.9 Å². The average Bonchev–Trinajstić information content (AvgIpc) is 2.45. The van der Waals surface area contributed by atoms with Crippen molar-refractivity contribution < 1.29 is 4.79 Å². The number of rotatable bonds is 13. The molecule has 0 aromatic rings. The summed E-state index contributed by atoms with van der Waals surface area (Å²) >= 11 is 0. The Morgan fingerprint density at radius 2 is 1.19 bits per heavy atom. The van der Waals surface area contributed by atoms with Gasteiger partial charge in [-0.05, 0) is 32.1 Å². The monoisotopic (exact) mass is 297 g/mol. The molecule has 21 heavy (non-hydrogen) atoms. The maximum atomic E-state index is 12.7. The third kappa shape index (κ3) is 7.87. The molecule has 2 nitrogen and oxygen atoms in total. The largest absolute Gasteiger partial charge is 0.337 e. The van der Waals surface area contributed by atoms with Crippen LogP contribution in [0.3, 0.4) is 0 Å². The molecular formula is C19H39NO. The van der Waals surface area contributed by atoms with Gasteiger partial charge >= 0.3 is 0 Å². The minimum atomic E-state index is 0.402. The SMILES string of the molecule is CCCCC(CCC)N(C(=O)CCC)C(CCC)CCC. The van der Waals surface area contributed by atoms with Crippen LogP contribution in [0, 0.1) is 0 Å². The fraction of sp³-hybridized carbons (Fsp3) is 0.947. The van der Waals surface area contributed by atoms with Gasteiger partial charge in [-0.25, -0.2) is 0 Å². The standard InChI is InChI=1S/C19H39NO/c1-6-11-16-18(14-9-4)20(19(21)15-10-5)17(12-7-2)13-8-3/h17-18H,6-16H2,1-5H3. The second-order valence-corrected chi connectivity index (χ2v) is 6.37. The van der Waals surface area contributed by atoms with E-state index in [4.69, 9.17) is 0 Å². The van der Waals surface area contributed by atoms with E-state index in [2.05, 4.69) is 39.5 Å². The molecule has 2 heteroatoms.